The maximum absolute atomic E-state index is 14.4. The Hall–Kier alpha value is -3.97. The molecule has 38 heavy (non-hydrogen) atoms. The number of hydrogen-bond acceptors (Lipinski definition) is 6. The summed E-state index contributed by atoms with van der Waals surface area (Å²) in [6.07, 6.45) is 0.620. The van der Waals surface area contributed by atoms with Crippen LogP contribution in [0.1, 0.15) is 35.3 Å². The number of carbonyl (C=O) groups excluding carboxylic acids is 2. The second kappa shape index (κ2) is 9.72. The van der Waals surface area contributed by atoms with Gasteiger partial charge in [-0.05, 0) is 61.7 Å². The minimum atomic E-state index is -0.760. The van der Waals surface area contributed by atoms with E-state index in [0.29, 0.717) is 24.3 Å². The molecule has 0 N–H and O–H groups in total. The van der Waals surface area contributed by atoms with Gasteiger partial charge in [0.15, 0.2) is 0 Å². The van der Waals surface area contributed by atoms with Crippen molar-refractivity contribution in [1.82, 2.24) is 4.90 Å². The molecule has 1 fully saturated rings. The van der Waals surface area contributed by atoms with Gasteiger partial charge < -0.3 is 9.64 Å². The molecule has 1 saturated heterocycles. The summed E-state index contributed by atoms with van der Waals surface area (Å²) in [7, 11) is 0. The third-order valence-corrected chi connectivity index (χ3v) is 8.15. The van der Waals surface area contributed by atoms with E-state index in [-0.39, 0.29) is 17.9 Å². The van der Waals surface area contributed by atoms with E-state index in [1.807, 2.05) is 13.0 Å². The highest BCUT2D eigenvalue weighted by Gasteiger charge is 2.59. The second-order valence-corrected chi connectivity index (χ2v) is 10.3. The lowest BCUT2D eigenvalue weighted by Gasteiger charge is -2.53. The molecule has 0 saturated carbocycles. The van der Waals surface area contributed by atoms with Crippen molar-refractivity contribution in [3.05, 3.63) is 95.6 Å². The largest absolute Gasteiger partial charge is 0.462 e. The molecule has 0 aliphatic carbocycles. The summed E-state index contributed by atoms with van der Waals surface area (Å²) in [4.78, 5) is 31.4. The van der Waals surface area contributed by atoms with E-state index < -0.39 is 5.41 Å². The summed E-state index contributed by atoms with van der Waals surface area (Å²) in [5.41, 5.74) is 4.87. The first-order valence-electron chi connectivity index (χ1n) is 13.3. The third-order valence-electron chi connectivity index (χ3n) is 8.15. The Morgan fingerprint density at radius 2 is 1.74 bits per heavy atom. The first kappa shape index (κ1) is 24.4. The number of hydrazone groups is 1. The number of carbonyl (C=O) groups is 2. The van der Waals surface area contributed by atoms with Crippen LogP contribution in [0, 0.1) is 5.41 Å². The summed E-state index contributed by atoms with van der Waals surface area (Å²) in [6, 6.07) is 25.9. The Kier molecular flexibility index (Phi) is 6.24. The van der Waals surface area contributed by atoms with Crippen molar-refractivity contribution in [2.45, 2.75) is 32.9 Å². The van der Waals surface area contributed by atoms with E-state index in [9.17, 15) is 9.59 Å². The molecule has 3 aliphatic heterocycles. The van der Waals surface area contributed by atoms with Gasteiger partial charge in [-0.2, -0.15) is 10.1 Å². The summed E-state index contributed by atoms with van der Waals surface area (Å²) < 4.78 is 5.11. The molecule has 0 radical (unpaired) electrons. The summed E-state index contributed by atoms with van der Waals surface area (Å²) >= 11 is 0. The average molecular weight is 509 g/mol. The van der Waals surface area contributed by atoms with Crippen LogP contribution in [0.25, 0.3) is 0 Å². The van der Waals surface area contributed by atoms with Gasteiger partial charge in [-0.3, -0.25) is 9.69 Å². The van der Waals surface area contributed by atoms with Gasteiger partial charge in [-0.25, -0.2) is 4.79 Å². The van der Waals surface area contributed by atoms with Crippen LogP contribution in [0.2, 0.25) is 0 Å². The van der Waals surface area contributed by atoms with Crippen molar-refractivity contribution in [2.24, 2.45) is 10.5 Å². The lowest BCUT2D eigenvalue weighted by molar-refractivity contribution is -0.125. The number of benzene rings is 3. The van der Waals surface area contributed by atoms with E-state index in [1.165, 1.54) is 21.8 Å². The van der Waals surface area contributed by atoms with Crippen LogP contribution < -0.4 is 9.91 Å². The number of nitrogens with zero attached hydrogens (tertiary/aromatic N) is 4. The minimum absolute atomic E-state index is 0.00931. The van der Waals surface area contributed by atoms with Gasteiger partial charge in [0.05, 0.1) is 29.6 Å². The highest BCUT2D eigenvalue weighted by atomic mass is 16.5. The Morgan fingerprint density at radius 3 is 2.50 bits per heavy atom. The Balaban J connectivity index is 1.34. The maximum atomic E-state index is 14.4. The molecule has 6 rings (SSSR count). The molecule has 3 aliphatic rings. The zero-order valence-corrected chi connectivity index (χ0v) is 21.8. The van der Waals surface area contributed by atoms with Crippen molar-refractivity contribution >= 4 is 29.0 Å². The average Bonchev–Trinajstić information content (AvgIpc) is 3.19. The predicted octanol–water partition coefficient (Wildman–Crippen LogP) is 4.52. The zero-order chi connectivity index (χ0) is 26.3. The fraction of sp³-hybridized carbons (Fsp3) is 0.323. The Morgan fingerprint density at radius 1 is 1.00 bits per heavy atom. The Labute approximate surface area is 223 Å². The third kappa shape index (κ3) is 3.98. The van der Waals surface area contributed by atoms with Crippen LogP contribution in [-0.2, 0) is 22.5 Å². The number of piperazine rings is 1. The van der Waals surface area contributed by atoms with Crippen molar-refractivity contribution in [3.8, 4) is 0 Å². The van der Waals surface area contributed by atoms with Crippen molar-refractivity contribution in [1.29, 1.82) is 0 Å². The van der Waals surface area contributed by atoms with Gasteiger partial charge >= 0.3 is 5.97 Å². The van der Waals surface area contributed by atoms with Crippen LogP contribution in [0.5, 0.6) is 0 Å². The monoisotopic (exact) mass is 508 g/mol. The minimum Gasteiger partial charge on any atom is -0.462 e. The lowest BCUT2D eigenvalue weighted by atomic mass is 9.67. The van der Waals surface area contributed by atoms with E-state index in [0.717, 1.165) is 31.9 Å². The molecule has 1 amide bonds. The number of esters is 1. The van der Waals surface area contributed by atoms with Crippen LogP contribution in [0.15, 0.2) is 84.0 Å². The van der Waals surface area contributed by atoms with Crippen molar-refractivity contribution in [2.75, 3.05) is 36.1 Å². The van der Waals surface area contributed by atoms with Crippen LogP contribution in [-0.4, -0.2) is 54.8 Å². The Bertz CT molecular complexity index is 1390. The molecule has 2 atom stereocenters. The topological polar surface area (TPSA) is 65.5 Å². The molecule has 3 aromatic carbocycles. The molecule has 1 spiro atoms. The summed E-state index contributed by atoms with van der Waals surface area (Å²) in [5.74, 6) is -0.381. The quantitative estimate of drug-likeness (QED) is 0.474. The predicted molar refractivity (Wildman–Crippen MR) is 148 cm³/mol. The van der Waals surface area contributed by atoms with Gasteiger partial charge in [-0.1, -0.05) is 48.5 Å². The molecular formula is C31H32N4O3. The first-order valence-corrected chi connectivity index (χ1v) is 13.3. The number of rotatable bonds is 5. The normalized spacial score (nSPS) is 22.7. The number of amides is 1. The lowest BCUT2D eigenvalue weighted by Crippen LogP contribution is -2.66. The highest BCUT2D eigenvalue weighted by molar-refractivity contribution is 6.20. The van der Waals surface area contributed by atoms with Crippen LogP contribution >= 0.6 is 0 Å². The molecule has 7 nitrogen and oxygen atoms in total. The van der Waals surface area contributed by atoms with Crippen molar-refractivity contribution in [3.63, 3.8) is 0 Å². The number of hydrogen-bond donors (Lipinski definition) is 0. The van der Waals surface area contributed by atoms with Gasteiger partial charge in [0.25, 0.3) is 5.91 Å². The summed E-state index contributed by atoms with van der Waals surface area (Å²) in [6.45, 7) is 7.50. The van der Waals surface area contributed by atoms with Gasteiger partial charge in [-0.15, -0.1) is 0 Å². The van der Waals surface area contributed by atoms with Crippen LogP contribution in [0.3, 0.4) is 0 Å². The molecule has 0 aromatic heterocycles. The van der Waals surface area contributed by atoms with E-state index >= 15 is 0 Å². The van der Waals surface area contributed by atoms with Gasteiger partial charge in [0, 0.05) is 31.9 Å². The van der Waals surface area contributed by atoms with E-state index in [1.54, 1.807) is 31.2 Å². The number of ether oxygens (including phenoxy) is 1. The molecule has 194 valence electrons. The molecule has 3 heterocycles. The standard InChI is InChI=1S/C31H32N4O3/c1-3-38-29(36)24-13-15-26(16-14-24)35-30(37)31(22(2)32-35)19-25-11-7-8-12-27(25)34-18-17-33(21-28(31)34)20-23-9-5-4-6-10-23/h4-16,28H,3,17-21H2,1-2H3/t28-,31+/m0/s1. The SMILES string of the molecule is CCOC(=O)c1ccc(N2N=C(C)[C@@]3(Cc4ccccc4N4CCN(Cc5ccccc5)C[C@H]43)C2=O)cc1. The van der Waals surface area contributed by atoms with Gasteiger partial charge in [0.2, 0.25) is 0 Å². The smallest absolute Gasteiger partial charge is 0.338 e. The molecule has 0 bridgehead atoms. The zero-order valence-electron chi connectivity index (χ0n) is 21.8. The maximum Gasteiger partial charge on any atom is 0.338 e. The number of para-hydroxylation sites is 1. The number of fused-ring (bicyclic) bond motifs is 4. The number of anilines is 2. The van der Waals surface area contributed by atoms with Gasteiger partial charge in [0.1, 0.15) is 5.41 Å². The molecular weight excluding hydrogens is 476 g/mol. The highest BCUT2D eigenvalue weighted by Crippen LogP contribution is 2.48. The first-order chi connectivity index (χ1) is 18.5. The van der Waals surface area contributed by atoms with E-state index in [4.69, 9.17) is 9.84 Å². The summed E-state index contributed by atoms with van der Waals surface area (Å²) in [5, 5.41) is 6.37. The van der Waals surface area contributed by atoms with Crippen molar-refractivity contribution < 1.29 is 14.3 Å². The molecule has 0 unspecified atom stereocenters. The van der Waals surface area contributed by atoms with E-state index in [2.05, 4.69) is 58.3 Å². The fourth-order valence-electron chi connectivity index (χ4n) is 6.24. The molecule has 7 heteroatoms. The van der Waals surface area contributed by atoms with Crippen LogP contribution in [0.4, 0.5) is 11.4 Å². The fourth-order valence-corrected chi connectivity index (χ4v) is 6.24. The second-order valence-electron chi connectivity index (χ2n) is 10.3. The molecule has 3 aromatic rings.